The first kappa shape index (κ1) is 6.59. The lowest BCUT2D eigenvalue weighted by molar-refractivity contribution is 0.935. The van der Waals surface area contributed by atoms with Gasteiger partial charge in [0, 0.05) is 12.4 Å². The van der Waals surface area contributed by atoms with E-state index in [9.17, 15) is 0 Å². The summed E-state index contributed by atoms with van der Waals surface area (Å²) < 4.78 is 0. The minimum Gasteiger partial charge on any atom is -0.265 e. The molecule has 0 spiro atoms. The van der Waals surface area contributed by atoms with Crippen LogP contribution in [0.5, 0.6) is 0 Å². The summed E-state index contributed by atoms with van der Waals surface area (Å²) in [5, 5.41) is 0. The third kappa shape index (κ3) is 1.32. The van der Waals surface area contributed by atoms with Gasteiger partial charge in [0.15, 0.2) is 0 Å². The van der Waals surface area contributed by atoms with Gasteiger partial charge in [0.05, 0.1) is 0 Å². The quantitative estimate of drug-likeness (QED) is 0.592. The zero-order chi connectivity index (χ0) is 7.52. The van der Waals surface area contributed by atoms with Crippen molar-refractivity contribution in [3.8, 4) is 0 Å². The molecule has 0 fully saturated rings. The smallest absolute Gasteiger partial charge is 0.0273 e. The van der Waals surface area contributed by atoms with Crippen molar-refractivity contribution in [2.75, 3.05) is 0 Å². The van der Waals surface area contributed by atoms with Crippen LogP contribution in [0.25, 0.3) is 5.57 Å². The van der Waals surface area contributed by atoms with E-state index in [0.29, 0.717) is 0 Å². The SMILES string of the molecule is C1=C(c2ccncc2)CCC1. The van der Waals surface area contributed by atoms with Gasteiger partial charge in [-0.3, -0.25) is 4.98 Å². The van der Waals surface area contributed by atoms with Crippen LogP contribution in [0.3, 0.4) is 0 Å². The molecule has 0 aliphatic heterocycles. The molecule has 1 nitrogen and oxygen atoms in total. The largest absolute Gasteiger partial charge is 0.265 e. The van der Waals surface area contributed by atoms with Crippen LogP contribution in [0.1, 0.15) is 24.8 Å². The van der Waals surface area contributed by atoms with Gasteiger partial charge in [-0.2, -0.15) is 0 Å². The molecule has 0 bridgehead atoms. The fourth-order valence-corrected chi connectivity index (χ4v) is 1.50. The summed E-state index contributed by atoms with van der Waals surface area (Å²) in [6, 6.07) is 4.16. The highest BCUT2D eigenvalue weighted by atomic mass is 14.6. The first-order valence-corrected chi connectivity index (χ1v) is 4.06. The van der Waals surface area contributed by atoms with Crippen molar-refractivity contribution >= 4 is 5.57 Å². The number of nitrogens with zero attached hydrogens (tertiary/aromatic N) is 1. The fraction of sp³-hybridized carbons (Fsp3) is 0.300. The van der Waals surface area contributed by atoms with E-state index in [1.165, 1.54) is 30.4 Å². The summed E-state index contributed by atoms with van der Waals surface area (Å²) in [7, 11) is 0. The number of rotatable bonds is 1. The van der Waals surface area contributed by atoms with Crippen LogP contribution < -0.4 is 0 Å². The molecule has 56 valence electrons. The van der Waals surface area contributed by atoms with E-state index in [0.717, 1.165) is 0 Å². The van der Waals surface area contributed by atoms with Crippen LogP contribution in [0.4, 0.5) is 0 Å². The van der Waals surface area contributed by atoms with Crippen molar-refractivity contribution in [1.82, 2.24) is 4.98 Å². The van der Waals surface area contributed by atoms with Crippen LogP contribution in [0.15, 0.2) is 30.6 Å². The summed E-state index contributed by atoms with van der Waals surface area (Å²) in [6.07, 6.45) is 9.84. The number of hydrogen-bond donors (Lipinski definition) is 0. The van der Waals surface area contributed by atoms with Gasteiger partial charge in [0.2, 0.25) is 0 Å². The Kier molecular flexibility index (Phi) is 1.72. The minimum atomic E-state index is 1.24. The van der Waals surface area contributed by atoms with Crippen LogP contribution in [0, 0.1) is 0 Å². The van der Waals surface area contributed by atoms with E-state index < -0.39 is 0 Å². The average Bonchev–Trinajstić information content (AvgIpc) is 2.58. The molecule has 0 atom stereocenters. The summed E-state index contributed by atoms with van der Waals surface area (Å²) >= 11 is 0. The van der Waals surface area contributed by atoms with Crippen LogP contribution >= 0.6 is 0 Å². The molecule has 0 saturated heterocycles. The molecule has 0 amide bonds. The molecule has 1 aliphatic carbocycles. The lowest BCUT2D eigenvalue weighted by Crippen LogP contribution is -1.79. The summed E-state index contributed by atoms with van der Waals surface area (Å²) in [5.41, 5.74) is 2.84. The van der Waals surface area contributed by atoms with Gasteiger partial charge in [-0.25, -0.2) is 0 Å². The number of allylic oxidation sites excluding steroid dienone is 2. The average molecular weight is 145 g/mol. The number of hydrogen-bond acceptors (Lipinski definition) is 1. The van der Waals surface area contributed by atoms with E-state index in [1.807, 2.05) is 12.4 Å². The van der Waals surface area contributed by atoms with Crippen molar-refractivity contribution in [2.24, 2.45) is 0 Å². The maximum Gasteiger partial charge on any atom is 0.0273 e. The Balaban J connectivity index is 2.29. The Hall–Kier alpha value is -1.11. The van der Waals surface area contributed by atoms with E-state index in [-0.39, 0.29) is 0 Å². The Bertz CT molecular complexity index is 261. The number of aromatic nitrogens is 1. The van der Waals surface area contributed by atoms with E-state index in [2.05, 4.69) is 23.2 Å². The highest BCUT2D eigenvalue weighted by molar-refractivity contribution is 5.66. The highest BCUT2D eigenvalue weighted by Gasteiger charge is 2.05. The topological polar surface area (TPSA) is 12.9 Å². The summed E-state index contributed by atoms with van der Waals surface area (Å²) in [6.45, 7) is 0. The van der Waals surface area contributed by atoms with Gasteiger partial charge >= 0.3 is 0 Å². The van der Waals surface area contributed by atoms with Crippen LogP contribution in [0.2, 0.25) is 0 Å². The van der Waals surface area contributed by atoms with Gasteiger partial charge < -0.3 is 0 Å². The normalized spacial score (nSPS) is 16.5. The predicted molar refractivity (Wildman–Crippen MR) is 46.1 cm³/mol. The molecule has 0 saturated carbocycles. The fourth-order valence-electron chi connectivity index (χ4n) is 1.50. The highest BCUT2D eigenvalue weighted by Crippen LogP contribution is 2.26. The first-order valence-electron chi connectivity index (χ1n) is 4.06. The second kappa shape index (κ2) is 2.87. The summed E-state index contributed by atoms with van der Waals surface area (Å²) in [5.74, 6) is 0. The maximum atomic E-state index is 3.99. The van der Waals surface area contributed by atoms with E-state index in [4.69, 9.17) is 0 Å². The third-order valence-corrected chi connectivity index (χ3v) is 2.09. The van der Waals surface area contributed by atoms with Crippen molar-refractivity contribution in [3.63, 3.8) is 0 Å². The molecule has 1 heteroatoms. The van der Waals surface area contributed by atoms with Gasteiger partial charge in [0.1, 0.15) is 0 Å². The molecular weight excluding hydrogens is 134 g/mol. The van der Waals surface area contributed by atoms with E-state index >= 15 is 0 Å². The van der Waals surface area contributed by atoms with Gasteiger partial charge in [-0.1, -0.05) is 6.08 Å². The second-order valence-electron chi connectivity index (χ2n) is 2.86. The van der Waals surface area contributed by atoms with Gasteiger partial charge in [-0.05, 0) is 42.5 Å². The molecule has 0 unspecified atom stereocenters. The zero-order valence-corrected chi connectivity index (χ0v) is 6.46. The van der Waals surface area contributed by atoms with Crippen LogP contribution in [-0.2, 0) is 0 Å². The summed E-state index contributed by atoms with van der Waals surface area (Å²) in [4.78, 5) is 3.99. The lowest BCUT2D eigenvalue weighted by Gasteiger charge is -1.98. The number of pyridine rings is 1. The second-order valence-corrected chi connectivity index (χ2v) is 2.86. The van der Waals surface area contributed by atoms with Crippen LogP contribution in [-0.4, -0.2) is 4.98 Å². The van der Waals surface area contributed by atoms with Crippen molar-refractivity contribution in [2.45, 2.75) is 19.3 Å². The lowest BCUT2D eigenvalue weighted by atomic mass is 10.1. The molecule has 0 aromatic carbocycles. The Morgan fingerprint density at radius 1 is 1.18 bits per heavy atom. The molecule has 1 aromatic heterocycles. The Morgan fingerprint density at radius 3 is 2.64 bits per heavy atom. The molecule has 2 rings (SSSR count). The molecular formula is C10H11N. The standard InChI is InChI=1S/C10H11N/c1-2-4-9(3-1)10-5-7-11-8-6-10/h3,5-8H,1-2,4H2. The molecule has 0 radical (unpaired) electrons. The molecule has 0 N–H and O–H groups in total. The monoisotopic (exact) mass is 145 g/mol. The van der Waals surface area contributed by atoms with Gasteiger partial charge in [-0.15, -0.1) is 0 Å². The molecule has 1 heterocycles. The Morgan fingerprint density at radius 2 is 2.00 bits per heavy atom. The van der Waals surface area contributed by atoms with Crippen molar-refractivity contribution < 1.29 is 0 Å². The Labute approximate surface area is 66.8 Å². The van der Waals surface area contributed by atoms with Crippen molar-refractivity contribution in [3.05, 3.63) is 36.2 Å². The predicted octanol–water partition coefficient (Wildman–Crippen LogP) is 2.65. The molecule has 1 aromatic rings. The zero-order valence-electron chi connectivity index (χ0n) is 6.46. The maximum absolute atomic E-state index is 3.99. The van der Waals surface area contributed by atoms with Gasteiger partial charge in [0.25, 0.3) is 0 Å². The first-order chi connectivity index (χ1) is 5.47. The van der Waals surface area contributed by atoms with E-state index in [1.54, 1.807) is 0 Å². The van der Waals surface area contributed by atoms with Crippen molar-refractivity contribution in [1.29, 1.82) is 0 Å². The molecule has 1 aliphatic rings. The molecule has 11 heavy (non-hydrogen) atoms. The third-order valence-electron chi connectivity index (χ3n) is 2.09. The minimum absolute atomic E-state index is 1.24.